The number of hydrogen-bond acceptors (Lipinski definition) is 4. The van der Waals surface area contributed by atoms with Crippen molar-refractivity contribution in [2.75, 3.05) is 18.4 Å². The van der Waals surface area contributed by atoms with Crippen LogP contribution >= 0.6 is 0 Å². The topological polar surface area (TPSA) is 94.0 Å². The summed E-state index contributed by atoms with van der Waals surface area (Å²) >= 11 is 0. The van der Waals surface area contributed by atoms with Crippen molar-refractivity contribution in [1.29, 1.82) is 5.26 Å². The van der Waals surface area contributed by atoms with Crippen molar-refractivity contribution in [2.45, 2.75) is 20.8 Å². The molecule has 0 saturated heterocycles. The van der Waals surface area contributed by atoms with Gasteiger partial charge in [-0.15, -0.1) is 0 Å². The maximum absolute atomic E-state index is 12.1. The number of anilines is 1. The molecule has 0 unspecified atom stereocenters. The summed E-state index contributed by atoms with van der Waals surface area (Å²) in [6, 6.07) is 7.45. The Hall–Kier alpha value is -2.81. The fourth-order valence-electron chi connectivity index (χ4n) is 1.71. The van der Waals surface area contributed by atoms with Gasteiger partial charge in [0.05, 0.1) is 0 Å². The van der Waals surface area contributed by atoms with E-state index in [0.717, 1.165) is 11.1 Å². The Morgan fingerprint density at radius 1 is 1.27 bits per heavy atom. The third-order valence-corrected chi connectivity index (χ3v) is 3.11. The Balaban J connectivity index is 2.63. The first-order chi connectivity index (χ1) is 10.5. The quantitative estimate of drug-likeness (QED) is 0.420. The molecular formula is C16H20N4O2. The number of nitriles is 1. The van der Waals surface area contributed by atoms with Crippen LogP contribution in [0.1, 0.15) is 18.1 Å². The zero-order chi connectivity index (χ0) is 16.5. The minimum absolute atomic E-state index is 0.0243. The summed E-state index contributed by atoms with van der Waals surface area (Å²) in [5.41, 5.74) is 2.69. The molecule has 116 valence electrons. The average Bonchev–Trinajstić information content (AvgIpc) is 2.47. The minimum Gasteiger partial charge on any atom is -0.388 e. The van der Waals surface area contributed by atoms with Crippen LogP contribution in [0.5, 0.6) is 0 Å². The van der Waals surface area contributed by atoms with E-state index in [-0.39, 0.29) is 11.5 Å². The van der Waals surface area contributed by atoms with Crippen molar-refractivity contribution in [3.05, 3.63) is 41.1 Å². The average molecular weight is 300 g/mol. The normalized spacial score (nSPS) is 10.5. The summed E-state index contributed by atoms with van der Waals surface area (Å²) in [5.74, 6) is -0.595. The monoisotopic (exact) mass is 300 g/mol. The van der Waals surface area contributed by atoms with Crippen LogP contribution in [-0.4, -0.2) is 24.9 Å². The molecule has 0 aromatic heterocycles. The molecule has 2 amide bonds. The lowest BCUT2D eigenvalue weighted by molar-refractivity contribution is -0.119. The van der Waals surface area contributed by atoms with Gasteiger partial charge in [0, 0.05) is 31.9 Å². The van der Waals surface area contributed by atoms with Crippen molar-refractivity contribution in [3.63, 3.8) is 0 Å². The number of carbonyl (C=O) groups is 2. The second-order valence-corrected chi connectivity index (χ2v) is 4.81. The van der Waals surface area contributed by atoms with E-state index in [2.05, 4.69) is 16.0 Å². The van der Waals surface area contributed by atoms with Gasteiger partial charge in [-0.1, -0.05) is 12.1 Å². The summed E-state index contributed by atoms with van der Waals surface area (Å²) in [6.45, 7) is 6.14. The van der Waals surface area contributed by atoms with Crippen molar-refractivity contribution in [2.24, 2.45) is 0 Å². The molecule has 6 nitrogen and oxygen atoms in total. The maximum Gasteiger partial charge on any atom is 0.267 e. The number of amides is 2. The molecule has 6 heteroatoms. The molecule has 1 aromatic carbocycles. The fourth-order valence-corrected chi connectivity index (χ4v) is 1.71. The third kappa shape index (κ3) is 5.29. The molecule has 1 rings (SSSR count). The van der Waals surface area contributed by atoms with Crippen LogP contribution in [0, 0.1) is 25.2 Å². The van der Waals surface area contributed by atoms with Crippen molar-refractivity contribution in [3.8, 4) is 6.07 Å². The Kier molecular flexibility index (Phi) is 6.64. The van der Waals surface area contributed by atoms with Gasteiger partial charge < -0.3 is 16.0 Å². The molecule has 0 bridgehead atoms. The molecule has 0 heterocycles. The Labute approximate surface area is 130 Å². The number of rotatable bonds is 6. The summed E-state index contributed by atoms with van der Waals surface area (Å²) in [5, 5.41) is 17.2. The highest BCUT2D eigenvalue weighted by Gasteiger charge is 2.10. The number of nitrogens with zero attached hydrogens (tertiary/aromatic N) is 1. The van der Waals surface area contributed by atoms with Gasteiger partial charge in [0.25, 0.3) is 5.91 Å². The molecule has 0 radical (unpaired) electrons. The second-order valence-electron chi connectivity index (χ2n) is 4.81. The summed E-state index contributed by atoms with van der Waals surface area (Å²) in [7, 11) is 0. The molecule has 0 aliphatic carbocycles. The first-order valence-corrected chi connectivity index (χ1v) is 6.91. The second kappa shape index (κ2) is 8.47. The Morgan fingerprint density at radius 2 is 2.00 bits per heavy atom. The van der Waals surface area contributed by atoms with E-state index in [0.29, 0.717) is 18.8 Å². The third-order valence-electron chi connectivity index (χ3n) is 3.11. The lowest BCUT2D eigenvalue weighted by Crippen LogP contribution is -2.28. The van der Waals surface area contributed by atoms with Crippen LogP contribution in [-0.2, 0) is 9.59 Å². The van der Waals surface area contributed by atoms with Gasteiger partial charge in [0.2, 0.25) is 5.91 Å². The number of aryl methyl sites for hydroxylation is 1. The first kappa shape index (κ1) is 17.2. The zero-order valence-corrected chi connectivity index (χ0v) is 13.0. The highest BCUT2D eigenvalue weighted by molar-refractivity contribution is 6.06. The molecule has 0 aliphatic heterocycles. The van der Waals surface area contributed by atoms with Crippen LogP contribution in [0.3, 0.4) is 0 Å². The van der Waals surface area contributed by atoms with E-state index in [1.165, 1.54) is 13.1 Å². The molecule has 0 aliphatic rings. The number of nitrogens with one attached hydrogen (secondary N) is 3. The van der Waals surface area contributed by atoms with E-state index < -0.39 is 5.91 Å². The predicted molar refractivity (Wildman–Crippen MR) is 84.9 cm³/mol. The standard InChI is InChI=1S/C16H20N4O2/c1-11-5-4-6-15(12(11)2)20-16(22)14(9-17)10-18-7-8-19-13(3)21/h4-6,10,18H,7-8H2,1-3H3,(H,19,21)(H,20,22)/b14-10-. The number of carbonyl (C=O) groups excluding carboxylic acids is 2. The predicted octanol–water partition coefficient (Wildman–Crippen LogP) is 1.38. The molecule has 22 heavy (non-hydrogen) atoms. The van der Waals surface area contributed by atoms with Gasteiger partial charge in [0.15, 0.2) is 0 Å². The highest BCUT2D eigenvalue weighted by Crippen LogP contribution is 2.18. The fraction of sp³-hybridized carbons (Fsp3) is 0.312. The highest BCUT2D eigenvalue weighted by atomic mass is 16.2. The zero-order valence-electron chi connectivity index (χ0n) is 13.0. The minimum atomic E-state index is -0.469. The molecule has 0 atom stereocenters. The molecule has 3 N–H and O–H groups in total. The molecule has 0 spiro atoms. The van der Waals surface area contributed by atoms with Gasteiger partial charge in [-0.25, -0.2) is 0 Å². The SMILES string of the molecule is CC(=O)NCCN/C=C(/C#N)C(=O)Nc1cccc(C)c1C. The lowest BCUT2D eigenvalue weighted by Gasteiger charge is -2.10. The van der Waals surface area contributed by atoms with E-state index in [1.807, 2.05) is 32.0 Å². The maximum atomic E-state index is 12.1. The van der Waals surface area contributed by atoms with E-state index >= 15 is 0 Å². The van der Waals surface area contributed by atoms with Crippen LogP contribution in [0.2, 0.25) is 0 Å². The van der Waals surface area contributed by atoms with Crippen LogP contribution in [0.15, 0.2) is 30.0 Å². The first-order valence-electron chi connectivity index (χ1n) is 6.91. The Bertz CT molecular complexity index is 630. The van der Waals surface area contributed by atoms with Crippen molar-refractivity contribution >= 4 is 17.5 Å². The Morgan fingerprint density at radius 3 is 2.64 bits per heavy atom. The molecule has 0 saturated carbocycles. The molecule has 0 fully saturated rings. The summed E-state index contributed by atoms with van der Waals surface area (Å²) in [6.07, 6.45) is 1.35. The molecule has 1 aromatic rings. The van der Waals surface area contributed by atoms with Crippen LogP contribution in [0.25, 0.3) is 0 Å². The van der Waals surface area contributed by atoms with Gasteiger partial charge in [-0.05, 0) is 31.0 Å². The smallest absolute Gasteiger partial charge is 0.267 e. The van der Waals surface area contributed by atoms with Crippen LogP contribution < -0.4 is 16.0 Å². The number of hydrogen-bond donors (Lipinski definition) is 3. The van der Waals surface area contributed by atoms with E-state index in [4.69, 9.17) is 5.26 Å². The van der Waals surface area contributed by atoms with Gasteiger partial charge in [-0.3, -0.25) is 9.59 Å². The van der Waals surface area contributed by atoms with Crippen molar-refractivity contribution < 1.29 is 9.59 Å². The van der Waals surface area contributed by atoms with Gasteiger partial charge in [0.1, 0.15) is 11.6 Å². The summed E-state index contributed by atoms with van der Waals surface area (Å²) < 4.78 is 0. The number of benzene rings is 1. The lowest BCUT2D eigenvalue weighted by atomic mass is 10.1. The summed E-state index contributed by atoms with van der Waals surface area (Å²) in [4.78, 5) is 22.8. The van der Waals surface area contributed by atoms with E-state index in [9.17, 15) is 9.59 Å². The molecular weight excluding hydrogens is 280 g/mol. The van der Waals surface area contributed by atoms with Gasteiger partial charge in [-0.2, -0.15) is 5.26 Å². The van der Waals surface area contributed by atoms with Gasteiger partial charge >= 0.3 is 0 Å². The van der Waals surface area contributed by atoms with Crippen molar-refractivity contribution in [1.82, 2.24) is 10.6 Å². The largest absolute Gasteiger partial charge is 0.388 e. The van der Waals surface area contributed by atoms with E-state index in [1.54, 1.807) is 6.07 Å². The van der Waals surface area contributed by atoms with Crippen LogP contribution in [0.4, 0.5) is 5.69 Å².